The van der Waals surface area contributed by atoms with Gasteiger partial charge < -0.3 is 14.8 Å². The number of carbonyl (C=O) groups is 1. The number of aliphatic carboxylic acids is 1. The van der Waals surface area contributed by atoms with E-state index in [9.17, 15) is 4.79 Å². The third-order valence-electron chi connectivity index (χ3n) is 3.18. The van der Waals surface area contributed by atoms with Gasteiger partial charge >= 0.3 is 5.97 Å². The summed E-state index contributed by atoms with van der Waals surface area (Å²) in [5.74, 6) is 0.185. The minimum Gasteiger partial charge on any atom is -0.480 e. The fourth-order valence-electron chi connectivity index (χ4n) is 2.13. The van der Waals surface area contributed by atoms with Crippen molar-refractivity contribution < 1.29 is 14.3 Å². The summed E-state index contributed by atoms with van der Waals surface area (Å²) in [6.07, 6.45) is 2.81. The van der Waals surface area contributed by atoms with E-state index >= 15 is 0 Å². The number of tetrazole rings is 1. The van der Waals surface area contributed by atoms with E-state index in [0.717, 1.165) is 0 Å². The van der Waals surface area contributed by atoms with Crippen molar-refractivity contribution in [2.45, 2.75) is 24.9 Å². The lowest BCUT2D eigenvalue weighted by Gasteiger charge is -2.26. The van der Waals surface area contributed by atoms with Crippen molar-refractivity contribution in [1.82, 2.24) is 25.5 Å². The maximum atomic E-state index is 10.8. The smallest absolute Gasteiger partial charge is 0.320 e. The van der Waals surface area contributed by atoms with Gasteiger partial charge in [-0.2, -0.15) is 4.80 Å². The maximum Gasteiger partial charge on any atom is 0.320 e. The average Bonchev–Trinajstić information content (AvgIpc) is 3.10. The largest absolute Gasteiger partial charge is 0.480 e. The molecule has 0 amide bonds. The Morgan fingerprint density at radius 3 is 3.05 bits per heavy atom. The van der Waals surface area contributed by atoms with Crippen molar-refractivity contribution >= 4 is 5.97 Å². The van der Waals surface area contributed by atoms with Crippen LogP contribution in [0.5, 0.6) is 0 Å². The van der Waals surface area contributed by atoms with Crippen molar-refractivity contribution in [2.24, 2.45) is 0 Å². The second kappa shape index (κ2) is 4.81. The van der Waals surface area contributed by atoms with Gasteiger partial charge in [-0.3, -0.25) is 4.79 Å². The second-order valence-electron chi connectivity index (χ2n) is 4.44. The number of carboxylic acids is 1. The average molecular weight is 263 g/mol. The first-order valence-electron chi connectivity index (χ1n) is 6.03. The highest BCUT2D eigenvalue weighted by atomic mass is 16.4. The van der Waals surface area contributed by atoms with E-state index in [1.54, 1.807) is 18.4 Å². The van der Waals surface area contributed by atoms with Gasteiger partial charge in [-0.25, -0.2) is 0 Å². The minimum atomic E-state index is -0.818. The summed E-state index contributed by atoms with van der Waals surface area (Å²) >= 11 is 0. The Kier molecular flexibility index (Phi) is 3.00. The molecular formula is C11H13N5O3. The molecule has 1 saturated heterocycles. The van der Waals surface area contributed by atoms with Crippen LogP contribution in [0.2, 0.25) is 0 Å². The first-order chi connectivity index (χ1) is 9.24. The van der Waals surface area contributed by atoms with Crippen molar-refractivity contribution in [2.75, 3.05) is 6.54 Å². The minimum absolute atomic E-state index is 0.0202. The summed E-state index contributed by atoms with van der Waals surface area (Å²) in [4.78, 5) is 12.3. The molecule has 0 bridgehead atoms. The van der Waals surface area contributed by atoms with Crippen LogP contribution >= 0.6 is 0 Å². The molecule has 1 aliphatic heterocycles. The van der Waals surface area contributed by atoms with Gasteiger partial charge in [-0.1, -0.05) is 0 Å². The summed E-state index contributed by atoms with van der Waals surface area (Å²) in [6, 6.07) is 3.06. The maximum absolute atomic E-state index is 10.8. The molecule has 8 heteroatoms. The molecule has 19 heavy (non-hydrogen) atoms. The Morgan fingerprint density at radius 1 is 1.53 bits per heavy atom. The molecule has 0 saturated carbocycles. The van der Waals surface area contributed by atoms with E-state index in [-0.39, 0.29) is 6.04 Å². The van der Waals surface area contributed by atoms with Crippen molar-refractivity contribution in [3.63, 3.8) is 0 Å². The normalized spacial score (nSPS) is 23.4. The molecule has 1 fully saturated rings. The van der Waals surface area contributed by atoms with Gasteiger partial charge in [0.1, 0.15) is 6.04 Å². The highest BCUT2D eigenvalue weighted by Gasteiger charge is 2.27. The topological polar surface area (TPSA) is 106 Å². The number of furan rings is 1. The van der Waals surface area contributed by atoms with E-state index in [4.69, 9.17) is 9.52 Å². The second-order valence-corrected chi connectivity index (χ2v) is 4.44. The first kappa shape index (κ1) is 11.8. The summed E-state index contributed by atoms with van der Waals surface area (Å²) in [7, 11) is 0. The number of aromatic nitrogens is 4. The van der Waals surface area contributed by atoms with Crippen LogP contribution in [0.25, 0.3) is 11.6 Å². The fraction of sp³-hybridized carbons (Fsp3) is 0.455. The predicted molar refractivity (Wildman–Crippen MR) is 63.2 cm³/mol. The van der Waals surface area contributed by atoms with E-state index in [2.05, 4.69) is 20.7 Å². The lowest BCUT2D eigenvalue weighted by Crippen LogP contribution is -2.44. The molecule has 2 unspecified atom stereocenters. The third-order valence-corrected chi connectivity index (χ3v) is 3.18. The zero-order valence-corrected chi connectivity index (χ0v) is 10.1. The molecule has 2 aromatic heterocycles. The van der Waals surface area contributed by atoms with E-state index in [1.807, 2.05) is 0 Å². The molecule has 2 N–H and O–H groups in total. The molecule has 1 aliphatic rings. The van der Waals surface area contributed by atoms with Crippen LogP contribution in [0.15, 0.2) is 22.8 Å². The Balaban J connectivity index is 1.69. The van der Waals surface area contributed by atoms with Crippen LogP contribution in [0.4, 0.5) is 0 Å². The van der Waals surface area contributed by atoms with Gasteiger partial charge in [-0.05, 0) is 30.2 Å². The SMILES string of the molecule is O=C(O)C1CCC(n2nnc(-c3ccco3)n2)CN1. The summed E-state index contributed by atoms with van der Waals surface area (Å²) in [5, 5.41) is 24.0. The van der Waals surface area contributed by atoms with Gasteiger partial charge in [0.15, 0.2) is 5.76 Å². The van der Waals surface area contributed by atoms with Crippen molar-refractivity contribution in [3.05, 3.63) is 18.4 Å². The molecule has 3 heterocycles. The van der Waals surface area contributed by atoms with Crippen LogP contribution in [0, 0.1) is 0 Å². The van der Waals surface area contributed by atoms with Crippen LogP contribution in [-0.2, 0) is 4.79 Å². The van der Waals surface area contributed by atoms with E-state index in [1.165, 1.54) is 4.80 Å². The van der Waals surface area contributed by atoms with Gasteiger partial charge in [0.25, 0.3) is 0 Å². The standard InChI is InChI=1S/C11H13N5O3/c17-11(18)8-4-3-7(6-12-8)16-14-10(13-15-16)9-2-1-5-19-9/h1-2,5,7-8,12H,3-4,6H2,(H,17,18). The van der Waals surface area contributed by atoms with Crippen LogP contribution in [0.1, 0.15) is 18.9 Å². The highest BCUT2D eigenvalue weighted by Crippen LogP contribution is 2.20. The van der Waals surface area contributed by atoms with Crippen molar-refractivity contribution in [1.29, 1.82) is 0 Å². The van der Waals surface area contributed by atoms with Gasteiger partial charge in [0, 0.05) is 6.54 Å². The molecule has 0 spiro atoms. The summed E-state index contributed by atoms with van der Waals surface area (Å²) in [5.41, 5.74) is 0. The first-order valence-corrected chi connectivity index (χ1v) is 6.03. The lowest BCUT2D eigenvalue weighted by molar-refractivity contribution is -0.140. The zero-order valence-electron chi connectivity index (χ0n) is 10.1. The molecule has 2 atom stereocenters. The number of carboxylic acid groups (broad SMARTS) is 1. The van der Waals surface area contributed by atoms with E-state index < -0.39 is 12.0 Å². The van der Waals surface area contributed by atoms with Crippen molar-refractivity contribution in [3.8, 4) is 11.6 Å². The Hall–Kier alpha value is -2.22. The number of nitrogens with zero attached hydrogens (tertiary/aromatic N) is 4. The number of nitrogens with one attached hydrogen (secondary N) is 1. The molecule has 3 rings (SSSR count). The number of hydrogen-bond donors (Lipinski definition) is 2. The Morgan fingerprint density at radius 2 is 2.42 bits per heavy atom. The fourth-order valence-corrected chi connectivity index (χ4v) is 2.13. The summed E-state index contributed by atoms with van der Waals surface area (Å²) < 4.78 is 5.20. The van der Waals surface area contributed by atoms with Gasteiger partial charge in [-0.15, -0.1) is 10.2 Å². The number of hydrogen-bond acceptors (Lipinski definition) is 6. The molecule has 2 aromatic rings. The number of rotatable bonds is 3. The predicted octanol–water partition coefficient (Wildman–Crippen LogP) is 0.311. The van der Waals surface area contributed by atoms with Gasteiger partial charge in [0.05, 0.1) is 12.3 Å². The number of piperidine rings is 1. The van der Waals surface area contributed by atoms with E-state index in [0.29, 0.717) is 31.0 Å². The molecule has 0 radical (unpaired) electrons. The monoisotopic (exact) mass is 263 g/mol. The molecule has 100 valence electrons. The lowest BCUT2D eigenvalue weighted by atomic mass is 10.0. The zero-order chi connectivity index (χ0) is 13.2. The molecule has 8 nitrogen and oxygen atoms in total. The summed E-state index contributed by atoms with van der Waals surface area (Å²) in [6.45, 7) is 0.519. The van der Waals surface area contributed by atoms with Gasteiger partial charge in [0.2, 0.25) is 5.82 Å². The molecule has 0 aliphatic carbocycles. The van der Waals surface area contributed by atoms with Crippen LogP contribution < -0.4 is 5.32 Å². The Bertz CT molecular complexity index is 557. The Labute approximate surface area is 108 Å². The van der Waals surface area contributed by atoms with Crippen LogP contribution in [0.3, 0.4) is 0 Å². The molecular weight excluding hydrogens is 250 g/mol. The quantitative estimate of drug-likeness (QED) is 0.820. The highest BCUT2D eigenvalue weighted by molar-refractivity contribution is 5.73. The van der Waals surface area contributed by atoms with Crippen LogP contribution in [-0.4, -0.2) is 43.9 Å². The molecule has 0 aromatic carbocycles. The third kappa shape index (κ3) is 2.34.